The van der Waals surface area contributed by atoms with E-state index in [1.807, 2.05) is 6.92 Å². The van der Waals surface area contributed by atoms with Gasteiger partial charge in [0.15, 0.2) is 23.1 Å². The first-order valence-electron chi connectivity index (χ1n) is 6.75. The van der Waals surface area contributed by atoms with Gasteiger partial charge in [0.1, 0.15) is 5.92 Å². The molecule has 0 aromatic heterocycles. The zero-order valence-electron chi connectivity index (χ0n) is 12.6. The molecule has 0 aromatic carbocycles. The maximum absolute atomic E-state index is 12.4. The third kappa shape index (κ3) is 2.60. The minimum absolute atomic E-state index is 0.00436. The van der Waals surface area contributed by atoms with Crippen molar-refractivity contribution in [3.63, 3.8) is 0 Å². The fraction of sp³-hybridized carbons (Fsp3) is 0.733. The molecule has 1 unspecified atom stereocenters. The van der Waals surface area contributed by atoms with E-state index in [9.17, 15) is 19.2 Å². The summed E-state index contributed by atoms with van der Waals surface area (Å²) >= 11 is 4.11. The average Bonchev–Trinajstić information content (AvgIpc) is 2.35. The van der Waals surface area contributed by atoms with Crippen molar-refractivity contribution in [1.29, 1.82) is 0 Å². The molecule has 4 nitrogen and oxygen atoms in total. The third-order valence-electron chi connectivity index (χ3n) is 4.07. The Morgan fingerprint density at radius 2 is 1.50 bits per heavy atom. The van der Waals surface area contributed by atoms with Crippen molar-refractivity contribution in [2.75, 3.05) is 5.75 Å². The molecule has 20 heavy (non-hydrogen) atoms. The highest BCUT2D eigenvalue weighted by atomic mass is 32.1. The van der Waals surface area contributed by atoms with E-state index in [1.54, 1.807) is 0 Å². The number of ketones is 4. The van der Waals surface area contributed by atoms with Crippen LogP contribution in [0, 0.1) is 22.7 Å². The van der Waals surface area contributed by atoms with Crippen LogP contribution in [-0.4, -0.2) is 28.9 Å². The number of carbonyl (C=O) groups excluding carboxylic acids is 4. The third-order valence-corrected chi connectivity index (χ3v) is 4.70. The molecule has 1 aliphatic carbocycles. The summed E-state index contributed by atoms with van der Waals surface area (Å²) < 4.78 is 0. The number of hydrogen-bond donors (Lipinski definition) is 1. The van der Waals surface area contributed by atoms with Crippen LogP contribution in [0.3, 0.4) is 0 Å². The summed E-state index contributed by atoms with van der Waals surface area (Å²) in [5.74, 6) is -2.74. The SMILES string of the molecule is CC(CS)CC(=O)C1C(=O)C(C)(C)C(=O)C(C)(C)C1=O. The van der Waals surface area contributed by atoms with Gasteiger partial charge < -0.3 is 0 Å². The van der Waals surface area contributed by atoms with Crippen molar-refractivity contribution in [2.45, 2.75) is 41.0 Å². The van der Waals surface area contributed by atoms with Crippen LogP contribution in [0.15, 0.2) is 0 Å². The van der Waals surface area contributed by atoms with E-state index in [0.29, 0.717) is 5.75 Å². The van der Waals surface area contributed by atoms with E-state index in [4.69, 9.17) is 0 Å². The summed E-state index contributed by atoms with van der Waals surface area (Å²) in [6.45, 7) is 7.81. The molecule has 0 aromatic rings. The van der Waals surface area contributed by atoms with E-state index in [1.165, 1.54) is 27.7 Å². The molecule has 0 bridgehead atoms. The van der Waals surface area contributed by atoms with E-state index >= 15 is 0 Å². The van der Waals surface area contributed by atoms with E-state index < -0.39 is 39.9 Å². The molecular formula is C15H22O4S. The fourth-order valence-electron chi connectivity index (χ4n) is 2.66. The highest BCUT2D eigenvalue weighted by molar-refractivity contribution is 7.80. The molecule has 1 aliphatic rings. The van der Waals surface area contributed by atoms with Crippen LogP contribution in [0.25, 0.3) is 0 Å². The Balaban J connectivity index is 3.19. The Labute approximate surface area is 125 Å². The average molecular weight is 298 g/mol. The van der Waals surface area contributed by atoms with Crippen LogP contribution in [0.2, 0.25) is 0 Å². The normalized spacial score (nSPS) is 23.8. The Morgan fingerprint density at radius 3 is 1.85 bits per heavy atom. The molecule has 1 atom stereocenters. The van der Waals surface area contributed by atoms with Gasteiger partial charge in [-0.25, -0.2) is 0 Å². The topological polar surface area (TPSA) is 68.3 Å². The van der Waals surface area contributed by atoms with Gasteiger partial charge in [0.05, 0.1) is 10.8 Å². The van der Waals surface area contributed by atoms with Crippen LogP contribution in [0.1, 0.15) is 41.0 Å². The van der Waals surface area contributed by atoms with Gasteiger partial charge in [0.2, 0.25) is 0 Å². The molecule has 5 heteroatoms. The smallest absolute Gasteiger partial charge is 0.163 e. The molecule has 0 saturated heterocycles. The molecule has 0 heterocycles. The van der Waals surface area contributed by atoms with Gasteiger partial charge in [-0.15, -0.1) is 0 Å². The van der Waals surface area contributed by atoms with E-state index in [2.05, 4.69) is 12.6 Å². The van der Waals surface area contributed by atoms with Gasteiger partial charge in [-0.2, -0.15) is 12.6 Å². The molecule has 1 saturated carbocycles. The summed E-state index contributed by atoms with van der Waals surface area (Å²) in [6.07, 6.45) is 0.131. The van der Waals surface area contributed by atoms with Gasteiger partial charge in [-0.05, 0) is 39.4 Å². The Hall–Kier alpha value is -0.970. The zero-order chi connectivity index (χ0) is 15.9. The molecular weight excluding hydrogens is 276 g/mol. The van der Waals surface area contributed by atoms with Crippen LogP contribution < -0.4 is 0 Å². The number of Topliss-reactive ketones (excluding diaryl/α,β-unsaturated/α-hetero) is 4. The summed E-state index contributed by atoms with van der Waals surface area (Å²) in [7, 11) is 0. The van der Waals surface area contributed by atoms with Crippen molar-refractivity contribution < 1.29 is 19.2 Å². The molecule has 1 fully saturated rings. The minimum Gasteiger partial charge on any atom is -0.298 e. The first-order valence-corrected chi connectivity index (χ1v) is 7.38. The summed E-state index contributed by atoms with van der Waals surface area (Å²) in [4.78, 5) is 49.3. The first kappa shape index (κ1) is 17.1. The summed E-state index contributed by atoms with van der Waals surface area (Å²) in [6, 6.07) is 0. The molecule has 1 rings (SSSR count). The van der Waals surface area contributed by atoms with Crippen LogP contribution in [0.4, 0.5) is 0 Å². The maximum Gasteiger partial charge on any atom is 0.163 e. The number of carbonyl (C=O) groups is 4. The van der Waals surface area contributed by atoms with E-state index in [-0.39, 0.29) is 12.3 Å². The quantitative estimate of drug-likeness (QED) is 0.636. The second-order valence-corrected chi connectivity index (χ2v) is 7.06. The molecule has 0 spiro atoms. The second kappa shape index (κ2) is 5.43. The maximum atomic E-state index is 12.4. The zero-order valence-corrected chi connectivity index (χ0v) is 13.5. The number of rotatable bonds is 4. The van der Waals surface area contributed by atoms with Crippen molar-refractivity contribution in [3.8, 4) is 0 Å². The van der Waals surface area contributed by atoms with Crippen molar-refractivity contribution >= 4 is 35.8 Å². The van der Waals surface area contributed by atoms with Gasteiger partial charge >= 0.3 is 0 Å². The second-order valence-electron chi connectivity index (χ2n) is 6.70. The molecule has 0 amide bonds. The van der Waals surface area contributed by atoms with Crippen molar-refractivity contribution in [2.24, 2.45) is 22.7 Å². The lowest BCUT2D eigenvalue weighted by molar-refractivity contribution is -0.161. The molecule has 0 radical (unpaired) electrons. The van der Waals surface area contributed by atoms with Crippen molar-refractivity contribution in [3.05, 3.63) is 0 Å². The van der Waals surface area contributed by atoms with Gasteiger partial charge in [0, 0.05) is 6.42 Å². The van der Waals surface area contributed by atoms with Gasteiger partial charge in [-0.1, -0.05) is 6.92 Å². The molecule has 0 aliphatic heterocycles. The van der Waals surface area contributed by atoms with E-state index in [0.717, 1.165) is 0 Å². The molecule has 112 valence electrons. The summed E-state index contributed by atoms with van der Waals surface area (Å²) in [5, 5.41) is 0. The Bertz CT molecular complexity index is 446. The molecule has 0 N–H and O–H groups in total. The number of thiol groups is 1. The lowest BCUT2D eigenvalue weighted by Crippen LogP contribution is -2.59. The largest absolute Gasteiger partial charge is 0.298 e. The van der Waals surface area contributed by atoms with Crippen molar-refractivity contribution in [1.82, 2.24) is 0 Å². The lowest BCUT2D eigenvalue weighted by atomic mass is 9.57. The van der Waals surface area contributed by atoms with Gasteiger partial charge in [0.25, 0.3) is 0 Å². The monoisotopic (exact) mass is 298 g/mol. The Kier molecular flexibility index (Phi) is 4.64. The summed E-state index contributed by atoms with van der Waals surface area (Å²) in [5.41, 5.74) is -2.58. The fourth-order valence-corrected chi connectivity index (χ4v) is 2.79. The van der Waals surface area contributed by atoms with Crippen LogP contribution in [-0.2, 0) is 19.2 Å². The predicted molar refractivity (Wildman–Crippen MR) is 78.7 cm³/mol. The van der Waals surface area contributed by atoms with Gasteiger partial charge in [-0.3, -0.25) is 19.2 Å². The lowest BCUT2D eigenvalue weighted by Gasteiger charge is -2.40. The minimum atomic E-state index is -1.31. The van der Waals surface area contributed by atoms with Crippen LogP contribution in [0.5, 0.6) is 0 Å². The van der Waals surface area contributed by atoms with Crippen LogP contribution >= 0.6 is 12.6 Å². The number of hydrogen-bond acceptors (Lipinski definition) is 5. The standard InChI is InChI=1S/C15H22O4S/c1-8(7-20)6-9(16)10-11(17)14(2,3)13(19)15(4,5)12(10)18/h8,10,20H,6-7H2,1-5H3. The highest BCUT2D eigenvalue weighted by Gasteiger charge is 2.59. The first-order chi connectivity index (χ1) is 8.97. The highest BCUT2D eigenvalue weighted by Crippen LogP contribution is 2.41. The Morgan fingerprint density at radius 1 is 1.10 bits per heavy atom. The predicted octanol–water partition coefficient (Wildman–Crippen LogP) is 1.90.